The van der Waals surface area contributed by atoms with Gasteiger partial charge in [0.15, 0.2) is 0 Å². The first-order valence-corrected chi connectivity index (χ1v) is 9.35. The van der Waals surface area contributed by atoms with E-state index in [0.717, 1.165) is 11.1 Å². The molecule has 1 fully saturated rings. The number of rotatable bonds is 4. The molecule has 1 aliphatic rings. The molecule has 0 radical (unpaired) electrons. The molecule has 1 aromatic carbocycles. The zero-order valence-corrected chi connectivity index (χ0v) is 15.4. The normalized spacial score (nSPS) is 16.9. The SMILES string of the molecule is O=C(O)c1cc(CN2CCC(O)(c3ccccc3)CC2)c2ccccn2c1=O. The van der Waals surface area contributed by atoms with Crippen LogP contribution in [-0.2, 0) is 12.1 Å². The van der Waals surface area contributed by atoms with Gasteiger partial charge in [-0.3, -0.25) is 14.1 Å². The Morgan fingerprint density at radius 2 is 1.71 bits per heavy atom. The van der Waals surface area contributed by atoms with Gasteiger partial charge in [0.05, 0.1) is 11.1 Å². The van der Waals surface area contributed by atoms with Gasteiger partial charge in [-0.25, -0.2) is 4.79 Å². The fraction of sp³-hybridized carbons (Fsp3) is 0.273. The summed E-state index contributed by atoms with van der Waals surface area (Å²) in [6.07, 6.45) is 2.80. The molecule has 0 saturated carbocycles. The average molecular weight is 378 g/mol. The number of carboxylic acids is 1. The molecule has 0 amide bonds. The summed E-state index contributed by atoms with van der Waals surface area (Å²) in [4.78, 5) is 26.1. The Bertz CT molecular complexity index is 1070. The first-order valence-electron chi connectivity index (χ1n) is 9.35. The van der Waals surface area contributed by atoms with Gasteiger partial charge in [0.1, 0.15) is 5.56 Å². The average Bonchev–Trinajstić information content (AvgIpc) is 2.72. The maximum Gasteiger partial charge on any atom is 0.341 e. The lowest BCUT2D eigenvalue weighted by molar-refractivity contribution is -0.0276. The van der Waals surface area contributed by atoms with Gasteiger partial charge in [0, 0.05) is 25.8 Å². The molecule has 2 aromatic heterocycles. The van der Waals surface area contributed by atoms with Crippen LogP contribution in [-0.4, -0.2) is 38.6 Å². The van der Waals surface area contributed by atoms with Crippen LogP contribution < -0.4 is 5.56 Å². The number of likely N-dealkylation sites (tertiary alicyclic amines) is 1. The minimum atomic E-state index is -1.22. The topological polar surface area (TPSA) is 82.2 Å². The number of carboxylic acid groups (broad SMARTS) is 1. The third-order valence-electron chi connectivity index (χ3n) is 5.58. The van der Waals surface area contributed by atoms with Crippen LogP contribution in [0.2, 0.25) is 0 Å². The lowest BCUT2D eigenvalue weighted by Gasteiger charge is -2.38. The number of benzene rings is 1. The van der Waals surface area contributed by atoms with E-state index in [9.17, 15) is 19.8 Å². The summed E-state index contributed by atoms with van der Waals surface area (Å²) in [6.45, 7) is 1.90. The van der Waals surface area contributed by atoms with Gasteiger partial charge in [0.2, 0.25) is 0 Å². The van der Waals surface area contributed by atoms with Gasteiger partial charge in [-0.15, -0.1) is 0 Å². The number of nitrogens with zero attached hydrogens (tertiary/aromatic N) is 2. The molecule has 0 unspecified atom stereocenters. The summed E-state index contributed by atoms with van der Waals surface area (Å²) in [6, 6.07) is 16.6. The second-order valence-corrected chi connectivity index (χ2v) is 7.32. The number of hydrogen-bond donors (Lipinski definition) is 2. The van der Waals surface area contributed by atoms with Crippen LogP contribution in [0.5, 0.6) is 0 Å². The third-order valence-corrected chi connectivity index (χ3v) is 5.58. The van der Waals surface area contributed by atoms with Crippen LogP contribution in [0, 0.1) is 0 Å². The lowest BCUT2D eigenvalue weighted by Crippen LogP contribution is -2.42. The summed E-state index contributed by atoms with van der Waals surface area (Å²) >= 11 is 0. The van der Waals surface area contributed by atoms with Gasteiger partial charge in [-0.2, -0.15) is 0 Å². The molecule has 4 rings (SSSR count). The number of carbonyl (C=O) groups is 1. The maximum atomic E-state index is 12.4. The standard InChI is InChI=1S/C22H22N2O4/c25-20-18(21(26)27)14-16(19-8-4-5-11-24(19)20)15-23-12-9-22(28,10-13-23)17-6-2-1-3-7-17/h1-8,11,14,28H,9-10,12-13,15H2,(H,26,27). The van der Waals surface area contributed by atoms with Crippen molar-refractivity contribution in [2.45, 2.75) is 25.0 Å². The molecule has 2 N–H and O–H groups in total. The first kappa shape index (κ1) is 18.4. The molecule has 3 heterocycles. The van der Waals surface area contributed by atoms with Crippen molar-refractivity contribution in [2.75, 3.05) is 13.1 Å². The fourth-order valence-corrected chi connectivity index (χ4v) is 3.96. The van der Waals surface area contributed by atoms with Gasteiger partial charge < -0.3 is 10.2 Å². The van der Waals surface area contributed by atoms with E-state index in [-0.39, 0.29) is 5.56 Å². The molecule has 0 atom stereocenters. The van der Waals surface area contributed by atoms with Gasteiger partial charge in [-0.05, 0) is 42.2 Å². The Hall–Kier alpha value is -2.96. The van der Waals surface area contributed by atoms with E-state index in [1.807, 2.05) is 42.5 Å². The van der Waals surface area contributed by atoms with E-state index in [4.69, 9.17) is 0 Å². The molecule has 0 spiro atoms. The molecule has 6 heteroatoms. The van der Waals surface area contributed by atoms with E-state index < -0.39 is 17.1 Å². The number of aromatic nitrogens is 1. The maximum absolute atomic E-state index is 12.4. The summed E-state index contributed by atoms with van der Waals surface area (Å²) in [5.41, 5.74) is 0.851. The summed E-state index contributed by atoms with van der Waals surface area (Å²) < 4.78 is 1.39. The van der Waals surface area contributed by atoms with E-state index >= 15 is 0 Å². The second-order valence-electron chi connectivity index (χ2n) is 7.32. The Kier molecular flexibility index (Phi) is 4.75. The molecule has 1 saturated heterocycles. The Labute approximate surface area is 162 Å². The summed E-state index contributed by atoms with van der Waals surface area (Å²) in [7, 11) is 0. The molecule has 3 aromatic rings. The quantitative estimate of drug-likeness (QED) is 0.729. The summed E-state index contributed by atoms with van der Waals surface area (Å²) in [5, 5.41) is 20.4. The largest absolute Gasteiger partial charge is 0.477 e. The molecule has 1 aliphatic heterocycles. The number of piperidine rings is 1. The Morgan fingerprint density at radius 3 is 2.39 bits per heavy atom. The smallest absolute Gasteiger partial charge is 0.341 e. The number of fused-ring (bicyclic) bond motifs is 1. The predicted octanol–water partition coefficient (Wildman–Crippen LogP) is 2.48. The minimum absolute atomic E-state index is 0.225. The van der Waals surface area contributed by atoms with Crippen molar-refractivity contribution in [3.63, 3.8) is 0 Å². The van der Waals surface area contributed by atoms with Gasteiger partial charge >= 0.3 is 5.97 Å². The first-order chi connectivity index (χ1) is 13.5. The van der Waals surface area contributed by atoms with E-state index in [2.05, 4.69) is 4.90 Å². The van der Waals surface area contributed by atoms with Crippen LogP contribution >= 0.6 is 0 Å². The second kappa shape index (κ2) is 7.22. The van der Waals surface area contributed by atoms with Crippen molar-refractivity contribution < 1.29 is 15.0 Å². The molecule has 0 aliphatic carbocycles. The van der Waals surface area contributed by atoms with Crippen LogP contribution in [0.1, 0.15) is 34.3 Å². The third kappa shape index (κ3) is 3.32. The Morgan fingerprint density at radius 1 is 1.04 bits per heavy atom. The van der Waals surface area contributed by atoms with Crippen LogP contribution in [0.25, 0.3) is 5.52 Å². The van der Waals surface area contributed by atoms with Gasteiger partial charge in [-0.1, -0.05) is 36.4 Å². The van der Waals surface area contributed by atoms with Crippen molar-refractivity contribution in [1.82, 2.24) is 9.30 Å². The minimum Gasteiger partial charge on any atom is -0.477 e. The lowest BCUT2D eigenvalue weighted by atomic mass is 9.84. The highest BCUT2D eigenvalue weighted by Crippen LogP contribution is 2.33. The van der Waals surface area contributed by atoms with Crippen molar-refractivity contribution in [2.24, 2.45) is 0 Å². The van der Waals surface area contributed by atoms with Crippen molar-refractivity contribution in [1.29, 1.82) is 0 Å². The number of hydrogen-bond acceptors (Lipinski definition) is 4. The zero-order valence-electron chi connectivity index (χ0n) is 15.4. The zero-order chi connectivity index (χ0) is 19.7. The summed E-state index contributed by atoms with van der Waals surface area (Å²) in [5.74, 6) is -1.22. The highest BCUT2D eigenvalue weighted by molar-refractivity contribution is 5.88. The molecular weight excluding hydrogens is 356 g/mol. The van der Waals surface area contributed by atoms with E-state index in [0.29, 0.717) is 38.0 Å². The molecule has 144 valence electrons. The fourth-order valence-electron chi connectivity index (χ4n) is 3.96. The Balaban J connectivity index is 1.59. The van der Waals surface area contributed by atoms with Crippen LogP contribution in [0.15, 0.2) is 65.6 Å². The number of aromatic carboxylic acids is 1. The van der Waals surface area contributed by atoms with Crippen molar-refractivity contribution >= 4 is 11.5 Å². The monoisotopic (exact) mass is 378 g/mol. The molecule has 0 bridgehead atoms. The molecular formula is C22H22N2O4. The van der Waals surface area contributed by atoms with Crippen LogP contribution in [0.3, 0.4) is 0 Å². The van der Waals surface area contributed by atoms with Gasteiger partial charge in [0.25, 0.3) is 5.56 Å². The highest BCUT2D eigenvalue weighted by atomic mass is 16.4. The van der Waals surface area contributed by atoms with E-state index in [1.165, 1.54) is 10.5 Å². The van der Waals surface area contributed by atoms with Crippen LogP contribution in [0.4, 0.5) is 0 Å². The predicted molar refractivity (Wildman–Crippen MR) is 105 cm³/mol. The van der Waals surface area contributed by atoms with Crippen molar-refractivity contribution in [3.8, 4) is 0 Å². The molecule has 28 heavy (non-hydrogen) atoms. The highest BCUT2D eigenvalue weighted by Gasteiger charge is 2.34. The number of aliphatic hydroxyl groups is 1. The molecule has 6 nitrogen and oxygen atoms in total. The number of pyridine rings is 2. The van der Waals surface area contributed by atoms with E-state index in [1.54, 1.807) is 12.3 Å². The van der Waals surface area contributed by atoms with Crippen molar-refractivity contribution in [3.05, 3.63) is 87.8 Å².